The van der Waals surface area contributed by atoms with E-state index in [2.05, 4.69) is 6.92 Å². The van der Waals surface area contributed by atoms with Crippen molar-refractivity contribution in [2.75, 3.05) is 20.4 Å². The molecule has 0 aromatic rings. The Morgan fingerprint density at radius 3 is 2.11 bits per heavy atom. The van der Waals surface area contributed by atoms with Gasteiger partial charge in [-0.2, -0.15) is 0 Å². The minimum Gasteiger partial charge on any atom is -0.466 e. The van der Waals surface area contributed by atoms with Gasteiger partial charge in [-0.1, -0.05) is 71.1 Å². The van der Waals surface area contributed by atoms with Crippen LogP contribution in [0.2, 0.25) is 0 Å². The predicted molar refractivity (Wildman–Crippen MR) is 110 cm³/mol. The Morgan fingerprint density at radius 1 is 1.04 bits per heavy atom. The van der Waals surface area contributed by atoms with Crippen LogP contribution in [0.1, 0.15) is 90.9 Å². The molecule has 1 aliphatic heterocycles. The Hall–Kier alpha value is -0.800. The second kappa shape index (κ2) is 13.4. The highest BCUT2D eigenvalue weighted by Gasteiger charge is 2.35. The molecule has 0 radical (unpaired) electrons. The summed E-state index contributed by atoms with van der Waals surface area (Å²) >= 11 is 0. The standard InChI is InChI=1S/C21H39O5P/c1-5-6-7-8-9-10-11-12-13-14-15-19-16-17-27(23,25-4)26-18(2)20(19)21(22)24-3/h19H,5-17H2,1-4H3/t19-,27+/m1/s1. The molecule has 1 aliphatic rings. The van der Waals surface area contributed by atoms with E-state index in [-0.39, 0.29) is 11.9 Å². The van der Waals surface area contributed by atoms with Crippen LogP contribution < -0.4 is 0 Å². The number of hydrogen-bond donors (Lipinski definition) is 0. The summed E-state index contributed by atoms with van der Waals surface area (Å²) in [6.45, 7) is 3.94. The fourth-order valence-corrected chi connectivity index (χ4v) is 5.26. The lowest BCUT2D eigenvalue weighted by Gasteiger charge is -2.17. The first-order valence-electron chi connectivity index (χ1n) is 10.6. The number of unbranched alkanes of at least 4 members (excludes halogenated alkanes) is 9. The molecule has 0 saturated heterocycles. The van der Waals surface area contributed by atoms with E-state index in [4.69, 9.17) is 13.8 Å². The van der Waals surface area contributed by atoms with Crippen molar-refractivity contribution in [3.63, 3.8) is 0 Å². The number of allylic oxidation sites excluding steroid dienone is 1. The Kier molecular flexibility index (Phi) is 12.0. The fraction of sp³-hybridized carbons (Fsp3) is 0.857. The first-order valence-corrected chi connectivity index (χ1v) is 12.3. The molecule has 0 aliphatic carbocycles. The molecule has 0 amide bonds. The van der Waals surface area contributed by atoms with Gasteiger partial charge >= 0.3 is 13.6 Å². The topological polar surface area (TPSA) is 61.8 Å². The molecular formula is C21H39O5P. The summed E-state index contributed by atoms with van der Waals surface area (Å²) in [5.74, 6) is 0.0354. The third-order valence-electron chi connectivity index (χ3n) is 5.40. The first kappa shape index (κ1) is 24.2. The average Bonchev–Trinajstić information content (AvgIpc) is 2.79. The SMILES string of the molecule is CCCCCCCCCCCC[C@@H]1CC[P@](=O)(OC)OC(C)=C1C(=O)OC. The van der Waals surface area contributed by atoms with Crippen molar-refractivity contribution in [3.05, 3.63) is 11.3 Å². The highest BCUT2D eigenvalue weighted by atomic mass is 31.2. The molecule has 0 aromatic heterocycles. The van der Waals surface area contributed by atoms with Crippen molar-refractivity contribution in [3.8, 4) is 0 Å². The predicted octanol–water partition coefficient (Wildman–Crippen LogP) is 6.62. The van der Waals surface area contributed by atoms with Crippen molar-refractivity contribution in [2.45, 2.75) is 90.9 Å². The monoisotopic (exact) mass is 402 g/mol. The molecule has 0 saturated carbocycles. The van der Waals surface area contributed by atoms with E-state index in [1.54, 1.807) is 6.92 Å². The summed E-state index contributed by atoms with van der Waals surface area (Å²) in [5.41, 5.74) is 0.531. The lowest BCUT2D eigenvalue weighted by molar-refractivity contribution is -0.137. The fourth-order valence-electron chi connectivity index (χ4n) is 3.76. The maximum Gasteiger partial charge on any atom is 0.378 e. The smallest absolute Gasteiger partial charge is 0.378 e. The number of carbonyl (C=O) groups excluding carboxylic acids is 1. The largest absolute Gasteiger partial charge is 0.466 e. The summed E-state index contributed by atoms with van der Waals surface area (Å²) in [6.07, 6.45) is 14.7. The second-order valence-electron chi connectivity index (χ2n) is 7.53. The van der Waals surface area contributed by atoms with Gasteiger partial charge in [0.15, 0.2) is 0 Å². The Balaban J connectivity index is 2.42. The van der Waals surface area contributed by atoms with Gasteiger partial charge < -0.3 is 13.8 Å². The zero-order valence-corrected chi connectivity index (χ0v) is 18.7. The molecule has 6 heteroatoms. The molecule has 0 N–H and O–H groups in total. The highest BCUT2D eigenvalue weighted by molar-refractivity contribution is 7.53. The van der Waals surface area contributed by atoms with Crippen LogP contribution >= 0.6 is 7.60 Å². The van der Waals surface area contributed by atoms with E-state index < -0.39 is 7.60 Å². The number of esters is 1. The third-order valence-corrected chi connectivity index (χ3v) is 7.32. The average molecular weight is 403 g/mol. The zero-order chi connectivity index (χ0) is 20.1. The van der Waals surface area contributed by atoms with Gasteiger partial charge in [-0.15, -0.1) is 0 Å². The molecule has 0 bridgehead atoms. The van der Waals surface area contributed by atoms with Crippen molar-refractivity contribution >= 4 is 13.6 Å². The van der Waals surface area contributed by atoms with Crippen molar-refractivity contribution in [1.82, 2.24) is 0 Å². The Bertz CT molecular complexity index is 515. The second-order valence-corrected chi connectivity index (χ2v) is 9.74. The van der Waals surface area contributed by atoms with Crippen LogP contribution in [0.25, 0.3) is 0 Å². The molecule has 0 unspecified atom stereocenters. The van der Waals surface area contributed by atoms with Crippen molar-refractivity contribution in [1.29, 1.82) is 0 Å². The molecule has 5 nitrogen and oxygen atoms in total. The van der Waals surface area contributed by atoms with Gasteiger partial charge in [0.1, 0.15) is 5.76 Å². The van der Waals surface area contributed by atoms with Gasteiger partial charge in [0.2, 0.25) is 0 Å². The highest BCUT2D eigenvalue weighted by Crippen LogP contribution is 2.54. The zero-order valence-electron chi connectivity index (χ0n) is 17.8. The number of ether oxygens (including phenoxy) is 1. The van der Waals surface area contributed by atoms with Crippen LogP contribution in [-0.2, 0) is 23.1 Å². The summed E-state index contributed by atoms with van der Waals surface area (Å²) in [5, 5.41) is 0. The van der Waals surface area contributed by atoms with Crippen LogP contribution in [0.5, 0.6) is 0 Å². The summed E-state index contributed by atoms with van der Waals surface area (Å²) in [7, 11) is -0.377. The van der Waals surface area contributed by atoms with Crippen LogP contribution in [0, 0.1) is 5.92 Å². The molecule has 2 atom stereocenters. The third kappa shape index (κ3) is 8.83. The molecule has 0 spiro atoms. The minimum atomic E-state index is -3.15. The van der Waals surface area contributed by atoms with E-state index >= 15 is 0 Å². The van der Waals surface area contributed by atoms with Gasteiger partial charge in [0.05, 0.1) is 18.8 Å². The van der Waals surface area contributed by atoms with E-state index in [0.29, 0.717) is 23.9 Å². The van der Waals surface area contributed by atoms with Gasteiger partial charge in [0, 0.05) is 7.11 Å². The molecule has 158 valence electrons. The first-order chi connectivity index (χ1) is 13.0. The molecular weight excluding hydrogens is 363 g/mol. The van der Waals surface area contributed by atoms with Gasteiger partial charge in [-0.05, 0) is 25.7 Å². The maximum atomic E-state index is 12.5. The summed E-state index contributed by atoms with van der Waals surface area (Å²) in [6, 6.07) is 0. The van der Waals surface area contributed by atoms with Crippen LogP contribution in [-0.4, -0.2) is 26.4 Å². The minimum absolute atomic E-state index is 0.0254. The summed E-state index contributed by atoms with van der Waals surface area (Å²) in [4.78, 5) is 12.2. The number of carbonyl (C=O) groups is 1. The van der Waals surface area contributed by atoms with Crippen LogP contribution in [0.3, 0.4) is 0 Å². The Labute approximate surface area is 165 Å². The number of methoxy groups -OCH3 is 1. The summed E-state index contributed by atoms with van der Waals surface area (Å²) < 4.78 is 28.1. The molecule has 1 rings (SSSR count). The van der Waals surface area contributed by atoms with Crippen LogP contribution in [0.15, 0.2) is 11.3 Å². The quantitative estimate of drug-likeness (QED) is 0.197. The van der Waals surface area contributed by atoms with E-state index in [1.165, 1.54) is 72.0 Å². The maximum absolute atomic E-state index is 12.5. The lowest BCUT2D eigenvalue weighted by atomic mass is 9.89. The molecule has 0 fully saturated rings. The van der Waals surface area contributed by atoms with Crippen molar-refractivity contribution < 1.29 is 23.1 Å². The lowest BCUT2D eigenvalue weighted by Crippen LogP contribution is -2.16. The number of hydrogen-bond acceptors (Lipinski definition) is 5. The van der Waals surface area contributed by atoms with Gasteiger partial charge in [-0.25, -0.2) is 9.36 Å². The van der Waals surface area contributed by atoms with Gasteiger partial charge in [0.25, 0.3) is 0 Å². The van der Waals surface area contributed by atoms with E-state index in [1.807, 2.05) is 0 Å². The normalized spacial score (nSPS) is 23.0. The van der Waals surface area contributed by atoms with Crippen molar-refractivity contribution in [2.24, 2.45) is 5.92 Å². The van der Waals surface area contributed by atoms with Gasteiger partial charge in [-0.3, -0.25) is 0 Å². The molecule has 1 heterocycles. The Morgan fingerprint density at radius 2 is 1.59 bits per heavy atom. The van der Waals surface area contributed by atoms with Crippen LogP contribution in [0.4, 0.5) is 0 Å². The van der Waals surface area contributed by atoms with E-state index in [9.17, 15) is 9.36 Å². The molecule has 0 aromatic carbocycles. The number of rotatable bonds is 13. The molecule has 27 heavy (non-hydrogen) atoms. The van der Waals surface area contributed by atoms with E-state index in [0.717, 1.165) is 12.8 Å².